The number of rotatable bonds is 8. The largest absolute Gasteiger partial charge is 0.348 e. The molecule has 284 valence electrons. The number of carbonyl (C=O) groups is 3. The lowest BCUT2D eigenvalue weighted by atomic mass is 9.63. The fourth-order valence-corrected chi connectivity index (χ4v) is 11.1. The van der Waals surface area contributed by atoms with Gasteiger partial charge in [0.1, 0.15) is 34.4 Å². The number of alkyl halides is 1. The van der Waals surface area contributed by atoms with Gasteiger partial charge >= 0.3 is 0 Å². The maximum atomic E-state index is 14.7. The van der Waals surface area contributed by atoms with E-state index in [0.29, 0.717) is 18.8 Å². The molecule has 2 aliphatic carbocycles. The van der Waals surface area contributed by atoms with E-state index in [1.54, 1.807) is 10.9 Å². The summed E-state index contributed by atoms with van der Waals surface area (Å²) >= 11 is 3.82. The average molecular weight is 804 g/mol. The zero-order valence-electron chi connectivity index (χ0n) is 31.0. The second-order valence-corrected chi connectivity index (χ2v) is 17.5. The fraction of sp³-hybridized carbons (Fsp3) is 0.525. The third kappa shape index (κ3) is 5.00. The van der Waals surface area contributed by atoms with Gasteiger partial charge < -0.3 is 28.4 Å². The summed E-state index contributed by atoms with van der Waals surface area (Å²) < 4.78 is 37.1. The minimum atomic E-state index is -1.49. The maximum absolute atomic E-state index is 14.7. The van der Waals surface area contributed by atoms with Crippen molar-refractivity contribution in [1.29, 1.82) is 0 Å². The number of amides is 2. The highest BCUT2D eigenvalue weighted by Gasteiger charge is 2.85. The molecule has 9 rings (SSSR count). The SMILES string of the molecule is CC1(C)OCC2OC(OCCn3cc(CN4C(=O)C5C6(C)C(=O)C(C)(C(c7ccccc7)=C6c6ccccc6)C5(Br)C4=O)nn3)C3OC(C)(C)OC3C2O1. The zero-order valence-corrected chi connectivity index (χ0v) is 32.6. The molecule has 1 saturated carbocycles. The number of allylic oxidation sites excluding steroid dienone is 2. The van der Waals surface area contributed by atoms with Crippen molar-refractivity contribution in [3.63, 3.8) is 0 Å². The summed E-state index contributed by atoms with van der Waals surface area (Å²) in [6, 6.07) is 19.3. The number of imide groups is 1. The summed E-state index contributed by atoms with van der Waals surface area (Å²) in [7, 11) is 0. The monoisotopic (exact) mass is 802 g/mol. The quantitative estimate of drug-likeness (QED) is 0.235. The van der Waals surface area contributed by atoms with Gasteiger partial charge in [-0.2, -0.15) is 0 Å². The van der Waals surface area contributed by atoms with Crippen LogP contribution in [0.1, 0.15) is 58.4 Å². The number of aromatic nitrogens is 3. The molecule has 54 heavy (non-hydrogen) atoms. The van der Waals surface area contributed by atoms with Crippen LogP contribution in [0.15, 0.2) is 66.9 Å². The number of fused-ring (bicyclic) bond motifs is 8. The summed E-state index contributed by atoms with van der Waals surface area (Å²) in [5.74, 6) is -3.60. The molecule has 5 fully saturated rings. The average Bonchev–Trinajstić information content (AvgIpc) is 3.86. The van der Waals surface area contributed by atoms with Crippen LogP contribution < -0.4 is 0 Å². The molecule has 3 aromatic rings. The van der Waals surface area contributed by atoms with E-state index in [1.165, 1.54) is 4.90 Å². The first-order chi connectivity index (χ1) is 25.6. The molecule has 9 unspecified atom stereocenters. The van der Waals surface area contributed by atoms with Crippen molar-refractivity contribution < 1.29 is 42.8 Å². The number of nitrogens with zero attached hydrogens (tertiary/aromatic N) is 4. The lowest BCUT2D eigenvalue weighted by Gasteiger charge is -2.48. The van der Waals surface area contributed by atoms with Crippen molar-refractivity contribution in [2.75, 3.05) is 13.2 Å². The van der Waals surface area contributed by atoms with Crippen LogP contribution in [0.5, 0.6) is 0 Å². The molecular weight excluding hydrogens is 760 g/mol. The Balaban J connectivity index is 0.931. The molecule has 0 radical (unpaired) electrons. The number of likely N-dealkylation sites (tertiary alicyclic amines) is 1. The van der Waals surface area contributed by atoms with Gasteiger partial charge in [-0.1, -0.05) is 81.8 Å². The van der Waals surface area contributed by atoms with Crippen LogP contribution in [-0.4, -0.2) is 97.3 Å². The Hall–Kier alpha value is -3.63. The molecule has 5 heterocycles. The molecule has 13 nitrogen and oxygen atoms in total. The van der Waals surface area contributed by atoms with E-state index in [9.17, 15) is 14.4 Å². The first-order valence-corrected chi connectivity index (χ1v) is 19.2. The summed E-state index contributed by atoms with van der Waals surface area (Å²) in [6.07, 6.45) is -0.749. The maximum Gasteiger partial charge on any atom is 0.248 e. The lowest BCUT2D eigenvalue weighted by molar-refractivity contribution is -0.370. The number of hydrogen-bond acceptors (Lipinski definition) is 11. The van der Waals surface area contributed by atoms with Gasteiger partial charge in [-0.15, -0.1) is 5.10 Å². The van der Waals surface area contributed by atoms with E-state index in [4.69, 9.17) is 28.4 Å². The lowest BCUT2D eigenvalue weighted by Crippen LogP contribution is -2.63. The zero-order chi connectivity index (χ0) is 38.0. The minimum absolute atomic E-state index is 0.0980. The van der Waals surface area contributed by atoms with Crippen LogP contribution in [0.25, 0.3) is 11.1 Å². The van der Waals surface area contributed by atoms with Crippen LogP contribution in [-0.2, 0) is 55.9 Å². The van der Waals surface area contributed by atoms with Crippen molar-refractivity contribution in [1.82, 2.24) is 19.9 Å². The number of benzene rings is 2. The van der Waals surface area contributed by atoms with Gasteiger partial charge in [0.05, 0.1) is 49.2 Å². The number of carbonyl (C=O) groups excluding carboxylic acids is 3. The molecule has 2 aromatic carbocycles. The Bertz CT molecular complexity index is 2070. The molecule has 4 saturated heterocycles. The molecular formula is C40H43BrN4O9. The first kappa shape index (κ1) is 36.0. The minimum Gasteiger partial charge on any atom is -0.348 e. The third-order valence-electron chi connectivity index (χ3n) is 12.0. The highest BCUT2D eigenvalue weighted by molar-refractivity contribution is 9.10. The second kappa shape index (κ2) is 12.2. The summed E-state index contributed by atoms with van der Waals surface area (Å²) in [4.78, 5) is 45.0. The number of halogens is 1. The van der Waals surface area contributed by atoms with E-state index in [-0.39, 0.29) is 25.0 Å². The van der Waals surface area contributed by atoms with Crippen LogP contribution in [0.3, 0.4) is 0 Å². The van der Waals surface area contributed by atoms with Crippen LogP contribution >= 0.6 is 15.9 Å². The van der Waals surface area contributed by atoms with E-state index in [1.807, 2.05) is 102 Å². The van der Waals surface area contributed by atoms with Crippen molar-refractivity contribution in [3.05, 3.63) is 83.7 Å². The van der Waals surface area contributed by atoms with E-state index >= 15 is 0 Å². The normalized spacial score (nSPS) is 37.5. The topological polar surface area (TPSA) is 141 Å². The Kier molecular flexibility index (Phi) is 8.13. The smallest absolute Gasteiger partial charge is 0.248 e. The third-order valence-corrected chi connectivity index (χ3v) is 13.6. The van der Waals surface area contributed by atoms with Gasteiger partial charge in [-0.25, -0.2) is 4.68 Å². The highest BCUT2D eigenvalue weighted by Crippen LogP contribution is 2.77. The Morgan fingerprint density at radius 2 is 1.46 bits per heavy atom. The number of ether oxygens (including phenoxy) is 6. The molecule has 2 amide bonds. The van der Waals surface area contributed by atoms with Gasteiger partial charge in [0.25, 0.3) is 0 Å². The van der Waals surface area contributed by atoms with Crippen molar-refractivity contribution in [2.24, 2.45) is 16.7 Å². The van der Waals surface area contributed by atoms with Crippen molar-refractivity contribution in [3.8, 4) is 0 Å². The Labute approximate surface area is 321 Å². The fourth-order valence-electron chi connectivity index (χ4n) is 9.83. The van der Waals surface area contributed by atoms with Crippen LogP contribution in [0.4, 0.5) is 0 Å². The summed E-state index contributed by atoms with van der Waals surface area (Å²) in [6.45, 7) is 11.8. The predicted molar refractivity (Wildman–Crippen MR) is 195 cm³/mol. The molecule has 2 bridgehead atoms. The number of hydrogen-bond donors (Lipinski definition) is 0. The summed E-state index contributed by atoms with van der Waals surface area (Å²) in [5, 5.41) is 8.57. The predicted octanol–water partition coefficient (Wildman–Crippen LogP) is 4.53. The Morgan fingerprint density at radius 1 is 0.833 bits per heavy atom. The van der Waals surface area contributed by atoms with Crippen LogP contribution in [0.2, 0.25) is 0 Å². The molecule has 14 heteroatoms. The second-order valence-electron chi connectivity index (χ2n) is 16.3. The molecule has 0 spiro atoms. The van der Waals surface area contributed by atoms with E-state index in [0.717, 1.165) is 22.3 Å². The van der Waals surface area contributed by atoms with Gasteiger partial charge in [0.2, 0.25) is 11.8 Å². The summed E-state index contributed by atoms with van der Waals surface area (Å²) in [5.41, 5.74) is 1.06. The standard InChI is InChI=1S/C40H43BrN4O9/c1-36(2)50-21-25-28(52-36)29-30(54-37(3,4)53-29)33(51-25)49-18-17-44-19-24(42-43-44)20-45-32(46)31-38(5)26(22-13-9-7-10-14-22)27(23-15-11-8-12-16-23)39(6,34(38)47)40(31,41)35(45)48/h7-16,19,25,28-31,33H,17-18,20-21H2,1-6H3. The molecule has 0 N–H and O–H groups in total. The van der Waals surface area contributed by atoms with E-state index < -0.39 is 69.1 Å². The molecule has 9 atom stereocenters. The molecule has 4 aliphatic heterocycles. The van der Waals surface area contributed by atoms with Crippen molar-refractivity contribution in [2.45, 2.75) is 101 Å². The number of Topliss-reactive ketones (excluding diaryl/α,β-unsaturated/α-hetero) is 1. The molecule has 6 aliphatic rings. The Morgan fingerprint density at radius 3 is 2.15 bits per heavy atom. The van der Waals surface area contributed by atoms with E-state index in [2.05, 4.69) is 26.2 Å². The molecule has 1 aromatic heterocycles. The van der Waals surface area contributed by atoms with Crippen molar-refractivity contribution >= 4 is 44.7 Å². The first-order valence-electron chi connectivity index (χ1n) is 18.4. The highest BCUT2D eigenvalue weighted by atomic mass is 79.9. The van der Waals surface area contributed by atoms with Gasteiger partial charge in [-0.05, 0) is 63.8 Å². The van der Waals surface area contributed by atoms with Crippen LogP contribution in [0, 0.1) is 16.7 Å². The van der Waals surface area contributed by atoms with Gasteiger partial charge in [-0.3, -0.25) is 19.3 Å². The number of ketones is 1. The van der Waals surface area contributed by atoms with Gasteiger partial charge in [0.15, 0.2) is 23.6 Å². The van der Waals surface area contributed by atoms with Gasteiger partial charge in [0, 0.05) is 0 Å².